The lowest BCUT2D eigenvalue weighted by atomic mass is 9.88. The molecule has 0 saturated carbocycles. The van der Waals surface area contributed by atoms with Crippen LogP contribution in [-0.2, 0) is 180 Å². The van der Waals surface area contributed by atoms with Gasteiger partial charge >= 0.3 is 0 Å². The minimum Gasteiger partial charge on any atom is -0.384 e. The predicted octanol–water partition coefficient (Wildman–Crippen LogP) is 4.84. The molecule has 123 heavy (non-hydrogen) atoms. The summed E-state index contributed by atoms with van der Waals surface area (Å²) in [4.78, 5) is 0. The zero-order valence-electron chi connectivity index (χ0n) is 83.5. The van der Waals surface area contributed by atoms with Gasteiger partial charge in [-0.1, -0.05) is 6.92 Å². The molecule has 0 N–H and O–H groups in total. The molecule has 6 atom stereocenters. The van der Waals surface area contributed by atoms with E-state index in [4.69, 9.17) is 180 Å². The molecule has 0 aromatic rings. The molecule has 0 aromatic heterocycles. The summed E-state index contributed by atoms with van der Waals surface area (Å²) in [6.45, 7) is 19.3. The molecule has 0 spiro atoms. The van der Waals surface area contributed by atoms with E-state index in [0.717, 1.165) is 6.42 Å². The predicted molar refractivity (Wildman–Crippen MR) is 467 cm³/mol. The van der Waals surface area contributed by atoms with E-state index in [1.54, 1.807) is 242 Å². The molecule has 38 heteroatoms. The van der Waals surface area contributed by atoms with Crippen molar-refractivity contribution in [1.82, 2.24) is 0 Å². The summed E-state index contributed by atoms with van der Waals surface area (Å²) in [6, 6.07) is 0. The standard InChI is InChI=1S/C23H48O10.C16H34O7.C12H26O6.C10H22O5.C9H20O4.C9H20O3.C6H14O3/c1-24-9-21(10-25-2,11-26-3)17-32-19-23(15-30-7,16-31-8)20-33-18-22(12-27-4,13-28-5)14-29-6;1-17-7-15(8-18-2,9-19-3)13-23-14-16(10-20-4,11-21-5)12-22-6;1-13-7-9(15-3)11(17-5)12(18-6)10(16-4)8-14-2;1-11-5-9(13-3)7-15-8-10(14-4)6-12-2;1-10-5-9(6-11-2,7-12-3)8-13-4;1-5-9(6-10-2,7-11-3)8-12-4;1-7-4-6(9-3)5-8-2/h9-20H2,1-8H3;7-14H2,1-6H3;9-12H,7-8H2,1-6H3;9-10H,5-8H2,1-4H3;5-8H2,1-4H3;5-8H2,1-4H3;6H,4-5H2,1-3H3. The molecule has 0 aliphatic carbocycles. The average molecular weight is 1810 g/mol. The first-order chi connectivity index (χ1) is 59.3. The Morgan fingerprint density at radius 1 is 0.138 bits per heavy atom. The fourth-order valence-electron chi connectivity index (χ4n) is 13.4. The molecule has 0 heterocycles. The monoisotopic (exact) mass is 1810 g/mol. The maximum Gasteiger partial charge on any atom is 0.114 e. The Morgan fingerprint density at radius 2 is 0.285 bits per heavy atom. The second-order valence-electron chi connectivity index (χ2n) is 30.2. The van der Waals surface area contributed by atoms with E-state index < -0.39 is 16.2 Å². The topological polar surface area (TPSA) is 351 Å². The molecule has 0 fully saturated rings. The Morgan fingerprint density at radius 3 is 0.415 bits per heavy atom. The summed E-state index contributed by atoms with van der Waals surface area (Å²) in [7, 11) is 56.1. The van der Waals surface area contributed by atoms with Crippen LogP contribution in [0.25, 0.3) is 0 Å². The summed E-state index contributed by atoms with van der Waals surface area (Å²) in [5.41, 5.74) is -2.22. The Balaban J connectivity index is -0.000000266. The van der Waals surface area contributed by atoms with E-state index in [1.807, 2.05) is 0 Å². The van der Waals surface area contributed by atoms with Crippen molar-refractivity contribution in [2.75, 3.05) is 473 Å². The molecule has 0 saturated heterocycles. The first-order valence-corrected chi connectivity index (χ1v) is 40.5. The average Bonchev–Trinajstić information content (AvgIpc) is 0.856. The lowest BCUT2D eigenvalue weighted by molar-refractivity contribution is -0.166. The van der Waals surface area contributed by atoms with Crippen LogP contribution < -0.4 is 0 Å². The highest BCUT2D eigenvalue weighted by Crippen LogP contribution is 2.29. The normalized spacial score (nSPS) is 13.7. The minimum atomic E-state index is -0.512. The highest BCUT2D eigenvalue weighted by atomic mass is 16.6. The third-order valence-corrected chi connectivity index (χ3v) is 18.5. The Bertz CT molecular complexity index is 1820. The van der Waals surface area contributed by atoms with Gasteiger partial charge in [0.1, 0.15) is 42.7 Å². The highest BCUT2D eigenvalue weighted by Gasteiger charge is 2.41. The fourth-order valence-corrected chi connectivity index (χ4v) is 13.4. The molecular weight excluding hydrogens is 1630 g/mol. The summed E-state index contributed by atoms with van der Waals surface area (Å²) in [5.74, 6) is 0. The number of methoxy groups -OCH3 is 34. The molecule has 0 rings (SSSR count). The van der Waals surface area contributed by atoms with E-state index in [0.29, 0.717) is 231 Å². The van der Waals surface area contributed by atoms with Gasteiger partial charge in [-0.2, -0.15) is 0 Å². The number of hydrogen-bond acceptors (Lipinski definition) is 38. The third kappa shape index (κ3) is 66.5. The zero-order chi connectivity index (χ0) is 94.9. The molecular formula is C85H184O38. The van der Waals surface area contributed by atoms with Gasteiger partial charge in [0.25, 0.3) is 0 Å². The van der Waals surface area contributed by atoms with Crippen molar-refractivity contribution in [3.05, 3.63) is 0 Å². The van der Waals surface area contributed by atoms with Crippen LogP contribution in [0, 0.1) is 37.9 Å². The van der Waals surface area contributed by atoms with Gasteiger partial charge in [0, 0.05) is 247 Å². The van der Waals surface area contributed by atoms with Crippen molar-refractivity contribution < 1.29 is 180 Å². The molecule has 6 unspecified atom stereocenters. The third-order valence-electron chi connectivity index (χ3n) is 18.5. The smallest absolute Gasteiger partial charge is 0.114 e. The van der Waals surface area contributed by atoms with Crippen LogP contribution in [0.2, 0.25) is 0 Å². The molecule has 752 valence electrons. The van der Waals surface area contributed by atoms with Gasteiger partial charge in [0.2, 0.25) is 0 Å². The first-order valence-electron chi connectivity index (χ1n) is 40.5. The minimum absolute atomic E-state index is 0.0260. The SMILES string of the molecule is CCC(COC)(COC)COC.COCC(COC)(COC)COC.COCC(COC)(COC)COCC(COC)(COC)COC.COCC(COC)(COC)COCC(COC)(COC)COCC(COC)(COC)COC.COCC(COC)OC.COCC(COCC(COC)OC)OC.COCC(OC)C(OC)C(OC)C(COC)OC. The maximum absolute atomic E-state index is 6.20. The van der Waals surface area contributed by atoms with Crippen molar-refractivity contribution in [2.45, 2.75) is 56.1 Å². The lowest BCUT2D eigenvalue weighted by Gasteiger charge is -2.37. The molecule has 0 bridgehead atoms. The van der Waals surface area contributed by atoms with E-state index in [1.165, 1.54) is 0 Å². The van der Waals surface area contributed by atoms with Gasteiger partial charge in [-0.3, -0.25) is 0 Å². The molecule has 0 aliphatic rings. The van der Waals surface area contributed by atoms with Crippen molar-refractivity contribution in [3.63, 3.8) is 0 Å². The molecule has 38 nitrogen and oxygen atoms in total. The van der Waals surface area contributed by atoms with Gasteiger partial charge in [-0.05, 0) is 6.42 Å². The summed E-state index contributed by atoms with van der Waals surface area (Å²) >= 11 is 0. The number of rotatable bonds is 81. The Kier molecular flexibility index (Phi) is 103. The second kappa shape index (κ2) is 93.7. The van der Waals surface area contributed by atoms with Crippen molar-refractivity contribution >= 4 is 0 Å². The van der Waals surface area contributed by atoms with E-state index in [2.05, 4.69) is 6.92 Å². The van der Waals surface area contributed by atoms with Crippen LogP contribution in [-0.4, -0.2) is 516 Å². The maximum atomic E-state index is 6.20. The molecule has 0 radical (unpaired) electrons. The van der Waals surface area contributed by atoms with Crippen molar-refractivity contribution in [1.29, 1.82) is 0 Å². The van der Waals surface area contributed by atoms with Gasteiger partial charge in [0.15, 0.2) is 0 Å². The van der Waals surface area contributed by atoms with E-state index in [9.17, 15) is 0 Å². The van der Waals surface area contributed by atoms with Crippen LogP contribution in [0.5, 0.6) is 0 Å². The van der Waals surface area contributed by atoms with Gasteiger partial charge in [-0.25, -0.2) is 0 Å². The molecule has 0 amide bonds. The summed E-state index contributed by atoms with van der Waals surface area (Å²) < 4.78 is 202. The summed E-state index contributed by atoms with van der Waals surface area (Å²) in [5, 5.41) is 0. The van der Waals surface area contributed by atoms with Crippen LogP contribution in [0.1, 0.15) is 13.3 Å². The lowest BCUT2D eigenvalue weighted by Crippen LogP contribution is -2.50. The molecule has 0 aliphatic heterocycles. The number of hydrogen-bond donors (Lipinski definition) is 0. The van der Waals surface area contributed by atoms with E-state index >= 15 is 0 Å². The second-order valence-corrected chi connectivity index (χ2v) is 30.2. The van der Waals surface area contributed by atoms with Crippen molar-refractivity contribution in [2.24, 2.45) is 37.9 Å². The largest absolute Gasteiger partial charge is 0.384 e. The van der Waals surface area contributed by atoms with Crippen LogP contribution in [0.15, 0.2) is 0 Å². The van der Waals surface area contributed by atoms with Gasteiger partial charge in [-0.15, -0.1) is 0 Å². The highest BCUT2D eigenvalue weighted by molar-refractivity contribution is 4.88. The molecule has 0 aromatic carbocycles. The van der Waals surface area contributed by atoms with Crippen LogP contribution >= 0.6 is 0 Å². The number of ether oxygens (including phenoxy) is 38. The fraction of sp³-hybridized carbons (Fsp3) is 1.00. The first kappa shape index (κ1) is 135. The quantitative estimate of drug-likeness (QED) is 0.0785. The van der Waals surface area contributed by atoms with Gasteiger partial charge in [0.05, 0.1) is 264 Å². The van der Waals surface area contributed by atoms with Crippen molar-refractivity contribution in [3.8, 4) is 0 Å². The van der Waals surface area contributed by atoms with E-state index in [-0.39, 0.29) is 64.4 Å². The zero-order valence-corrected chi connectivity index (χ0v) is 83.5. The summed E-state index contributed by atoms with van der Waals surface area (Å²) in [6.07, 6.45) is -0.0770. The Labute approximate surface area is 744 Å². The van der Waals surface area contributed by atoms with Gasteiger partial charge < -0.3 is 180 Å². The Hall–Kier alpha value is -1.52. The van der Waals surface area contributed by atoms with Crippen LogP contribution in [0.4, 0.5) is 0 Å². The van der Waals surface area contributed by atoms with Crippen LogP contribution in [0.3, 0.4) is 0 Å².